The van der Waals surface area contributed by atoms with E-state index in [-0.39, 0.29) is 5.91 Å². The van der Waals surface area contributed by atoms with E-state index in [1.165, 1.54) is 13.1 Å². The van der Waals surface area contributed by atoms with Gasteiger partial charge < -0.3 is 11.1 Å². The number of carbonyl (C=O) groups is 1. The molecule has 1 amide bonds. The Morgan fingerprint density at radius 2 is 2.27 bits per heavy atom. The fourth-order valence-electron chi connectivity index (χ4n) is 0.523. The number of hydrogen-bond acceptors (Lipinski definition) is 2. The molecule has 0 atom stereocenters. The van der Waals surface area contributed by atoms with Gasteiger partial charge in [-0.25, -0.2) is 0 Å². The highest BCUT2D eigenvalue weighted by Crippen LogP contribution is 1.89. The van der Waals surface area contributed by atoms with Crippen molar-refractivity contribution in [3.63, 3.8) is 0 Å². The standard InChI is InChI=1S/C8H12N2O/c1-3-8(5-4-6-9)10-7(2)11/h3-6H,1,9H2,2H3,(H,10,11)/b6-4+,8-5+. The van der Waals surface area contributed by atoms with Gasteiger partial charge in [0, 0.05) is 12.6 Å². The van der Waals surface area contributed by atoms with E-state index in [4.69, 9.17) is 5.73 Å². The highest BCUT2D eigenvalue weighted by atomic mass is 16.1. The molecule has 3 heteroatoms. The average molecular weight is 152 g/mol. The second kappa shape index (κ2) is 5.29. The average Bonchev–Trinajstić information content (AvgIpc) is 1.97. The van der Waals surface area contributed by atoms with E-state index in [0.717, 1.165) is 0 Å². The van der Waals surface area contributed by atoms with Gasteiger partial charge in [-0.15, -0.1) is 0 Å². The lowest BCUT2D eigenvalue weighted by Gasteiger charge is -1.99. The molecule has 0 aromatic carbocycles. The predicted octanol–water partition coefficient (Wildman–Crippen LogP) is 0.665. The Morgan fingerprint density at radius 3 is 2.64 bits per heavy atom. The van der Waals surface area contributed by atoms with Crippen LogP contribution in [0.5, 0.6) is 0 Å². The summed E-state index contributed by atoms with van der Waals surface area (Å²) in [5.41, 5.74) is 5.73. The molecule has 0 aromatic rings. The van der Waals surface area contributed by atoms with E-state index >= 15 is 0 Å². The molecule has 0 aliphatic carbocycles. The lowest BCUT2D eigenvalue weighted by Crippen LogP contribution is -2.17. The highest BCUT2D eigenvalue weighted by Gasteiger charge is 1.90. The van der Waals surface area contributed by atoms with Gasteiger partial charge in [-0.2, -0.15) is 0 Å². The minimum atomic E-state index is -0.124. The van der Waals surface area contributed by atoms with Gasteiger partial charge in [-0.3, -0.25) is 4.79 Å². The van der Waals surface area contributed by atoms with E-state index in [0.29, 0.717) is 5.70 Å². The van der Waals surface area contributed by atoms with Crippen LogP contribution in [0.4, 0.5) is 0 Å². The SMILES string of the molecule is C=C/C(=C\C=C\N)NC(C)=O. The second-order valence-corrected chi connectivity index (χ2v) is 1.89. The number of carbonyl (C=O) groups excluding carboxylic acids is 1. The fraction of sp³-hybridized carbons (Fsp3) is 0.125. The van der Waals surface area contributed by atoms with Gasteiger partial charge in [0.15, 0.2) is 0 Å². The molecule has 0 fully saturated rings. The molecule has 3 N–H and O–H groups in total. The number of rotatable bonds is 3. The summed E-state index contributed by atoms with van der Waals surface area (Å²) in [4.78, 5) is 10.5. The van der Waals surface area contributed by atoms with E-state index in [1.807, 2.05) is 0 Å². The van der Waals surface area contributed by atoms with Crippen LogP contribution in [0.25, 0.3) is 0 Å². The molecule has 60 valence electrons. The van der Waals surface area contributed by atoms with Crippen molar-refractivity contribution in [3.8, 4) is 0 Å². The first-order valence-electron chi connectivity index (χ1n) is 3.19. The van der Waals surface area contributed by atoms with Gasteiger partial charge in [-0.05, 0) is 24.4 Å². The van der Waals surface area contributed by atoms with Crippen LogP contribution in [0, 0.1) is 0 Å². The lowest BCUT2D eigenvalue weighted by atomic mass is 10.3. The van der Waals surface area contributed by atoms with Crippen LogP contribution in [0.15, 0.2) is 36.7 Å². The van der Waals surface area contributed by atoms with Gasteiger partial charge in [-0.1, -0.05) is 6.58 Å². The van der Waals surface area contributed by atoms with Crippen molar-refractivity contribution in [3.05, 3.63) is 36.7 Å². The maximum absolute atomic E-state index is 10.5. The number of amides is 1. The first-order chi connectivity index (χ1) is 5.20. The van der Waals surface area contributed by atoms with Gasteiger partial charge >= 0.3 is 0 Å². The van der Waals surface area contributed by atoms with Crippen LogP contribution in [0.2, 0.25) is 0 Å². The van der Waals surface area contributed by atoms with Crippen molar-refractivity contribution in [2.45, 2.75) is 6.92 Å². The van der Waals surface area contributed by atoms with E-state index in [1.54, 1.807) is 18.2 Å². The van der Waals surface area contributed by atoms with E-state index < -0.39 is 0 Å². The van der Waals surface area contributed by atoms with Crippen LogP contribution in [0.3, 0.4) is 0 Å². The maximum Gasteiger partial charge on any atom is 0.221 e. The third-order valence-electron chi connectivity index (χ3n) is 0.927. The summed E-state index contributed by atoms with van der Waals surface area (Å²) >= 11 is 0. The molecule has 0 radical (unpaired) electrons. The molecular formula is C8H12N2O. The lowest BCUT2D eigenvalue weighted by molar-refractivity contribution is -0.118. The Bertz CT molecular complexity index is 204. The largest absolute Gasteiger partial charge is 0.405 e. The van der Waals surface area contributed by atoms with Crippen molar-refractivity contribution < 1.29 is 4.79 Å². The zero-order chi connectivity index (χ0) is 8.69. The summed E-state index contributed by atoms with van der Waals surface area (Å²) in [6, 6.07) is 0. The molecule has 0 aliphatic rings. The van der Waals surface area contributed by atoms with E-state index in [9.17, 15) is 4.79 Å². The number of nitrogens with one attached hydrogen (secondary N) is 1. The molecule has 0 heterocycles. The summed E-state index contributed by atoms with van der Waals surface area (Å²) < 4.78 is 0. The molecule has 0 saturated carbocycles. The van der Waals surface area contributed by atoms with Crippen molar-refractivity contribution in [2.75, 3.05) is 0 Å². The van der Waals surface area contributed by atoms with E-state index in [2.05, 4.69) is 11.9 Å². The van der Waals surface area contributed by atoms with Crippen LogP contribution in [-0.2, 0) is 4.79 Å². The molecule has 3 nitrogen and oxygen atoms in total. The summed E-state index contributed by atoms with van der Waals surface area (Å²) in [7, 11) is 0. The second-order valence-electron chi connectivity index (χ2n) is 1.89. The summed E-state index contributed by atoms with van der Waals surface area (Å²) in [5, 5.41) is 2.56. The minimum Gasteiger partial charge on any atom is -0.405 e. The van der Waals surface area contributed by atoms with Gasteiger partial charge in [0.05, 0.1) is 0 Å². The Kier molecular flexibility index (Phi) is 4.56. The number of hydrogen-bond donors (Lipinski definition) is 2. The van der Waals surface area contributed by atoms with Gasteiger partial charge in [0.2, 0.25) is 5.91 Å². The minimum absolute atomic E-state index is 0.124. The molecule has 0 saturated heterocycles. The fourth-order valence-corrected chi connectivity index (χ4v) is 0.523. The van der Waals surface area contributed by atoms with Gasteiger partial charge in [0.1, 0.15) is 0 Å². The number of nitrogens with two attached hydrogens (primary N) is 1. The van der Waals surface area contributed by atoms with Crippen molar-refractivity contribution >= 4 is 5.91 Å². The molecule has 0 aromatic heterocycles. The third-order valence-corrected chi connectivity index (χ3v) is 0.927. The Morgan fingerprint density at radius 1 is 1.64 bits per heavy atom. The highest BCUT2D eigenvalue weighted by molar-refractivity contribution is 5.75. The summed E-state index contributed by atoms with van der Waals surface area (Å²) in [5.74, 6) is -0.124. The monoisotopic (exact) mass is 152 g/mol. The maximum atomic E-state index is 10.5. The van der Waals surface area contributed by atoms with Crippen molar-refractivity contribution in [2.24, 2.45) is 5.73 Å². The smallest absolute Gasteiger partial charge is 0.221 e. The summed E-state index contributed by atoms with van der Waals surface area (Å²) in [6.07, 6.45) is 6.20. The van der Waals surface area contributed by atoms with Crippen LogP contribution >= 0.6 is 0 Å². The van der Waals surface area contributed by atoms with Gasteiger partial charge in [0.25, 0.3) is 0 Å². The number of allylic oxidation sites excluding steroid dienone is 3. The Balaban J connectivity index is 4.15. The zero-order valence-corrected chi connectivity index (χ0v) is 6.50. The molecule has 0 unspecified atom stereocenters. The normalized spacial score (nSPS) is 11.5. The van der Waals surface area contributed by atoms with Crippen LogP contribution < -0.4 is 11.1 Å². The zero-order valence-electron chi connectivity index (χ0n) is 6.50. The van der Waals surface area contributed by atoms with Crippen molar-refractivity contribution in [1.29, 1.82) is 0 Å². The molecule has 0 rings (SSSR count). The molecule has 0 aliphatic heterocycles. The molecular weight excluding hydrogens is 140 g/mol. The first kappa shape index (κ1) is 9.49. The molecule has 0 bridgehead atoms. The third kappa shape index (κ3) is 4.96. The Hall–Kier alpha value is -1.51. The predicted molar refractivity (Wildman–Crippen MR) is 45.4 cm³/mol. The summed E-state index contributed by atoms with van der Waals surface area (Å²) in [6.45, 7) is 4.94. The quantitative estimate of drug-likeness (QED) is 0.584. The van der Waals surface area contributed by atoms with Crippen LogP contribution in [-0.4, -0.2) is 5.91 Å². The first-order valence-corrected chi connectivity index (χ1v) is 3.19. The molecule has 0 spiro atoms. The molecule has 11 heavy (non-hydrogen) atoms. The van der Waals surface area contributed by atoms with Crippen molar-refractivity contribution in [1.82, 2.24) is 5.32 Å². The Labute approximate surface area is 66.3 Å². The van der Waals surface area contributed by atoms with Crippen LogP contribution in [0.1, 0.15) is 6.92 Å². The topological polar surface area (TPSA) is 55.1 Å².